The molecule has 0 amide bonds. The van der Waals surface area contributed by atoms with Gasteiger partial charge in [-0.3, -0.25) is 5.10 Å². The molecule has 98 valence electrons. The third-order valence-electron chi connectivity index (χ3n) is 2.76. The zero-order valence-electron chi connectivity index (χ0n) is 10.9. The summed E-state index contributed by atoms with van der Waals surface area (Å²) in [4.78, 5) is 3.45. The maximum atomic E-state index is 4.14. The van der Waals surface area contributed by atoms with Gasteiger partial charge < -0.3 is 10.2 Å². The van der Waals surface area contributed by atoms with E-state index in [2.05, 4.69) is 52.0 Å². The van der Waals surface area contributed by atoms with Crippen molar-refractivity contribution in [2.75, 3.05) is 27.2 Å². The highest BCUT2D eigenvalue weighted by molar-refractivity contribution is 7.13. The lowest BCUT2D eigenvalue weighted by Gasteiger charge is -2.09. The van der Waals surface area contributed by atoms with Crippen molar-refractivity contribution < 1.29 is 0 Å². The maximum Gasteiger partial charge on any atom is 0.0794 e. The number of hydrogen-bond donors (Lipinski definition) is 2. The van der Waals surface area contributed by atoms with Crippen molar-refractivity contribution in [3.05, 3.63) is 29.3 Å². The highest BCUT2D eigenvalue weighted by Gasteiger charge is 2.07. The van der Waals surface area contributed by atoms with Crippen molar-refractivity contribution in [2.24, 2.45) is 0 Å². The van der Waals surface area contributed by atoms with E-state index < -0.39 is 0 Å². The van der Waals surface area contributed by atoms with Gasteiger partial charge >= 0.3 is 0 Å². The van der Waals surface area contributed by atoms with Gasteiger partial charge in [-0.15, -0.1) is 11.3 Å². The SMILES string of the molecule is CN(C)CCCNCc1cn[nH]c1-c1cccs1. The summed E-state index contributed by atoms with van der Waals surface area (Å²) in [6, 6.07) is 4.18. The van der Waals surface area contributed by atoms with Gasteiger partial charge in [0.1, 0.15) is 0 Å². The Morgan fingerprint density at radius 3 is 3.06 bits per heavy atom. The van der Waals surface area contributed by atoms with E-state index in [1.165, 1.54) is 16.9 Å². The second-order valence-electron chi connectivity index (χ2n) is 4.58. The molecule has 0 aliphatic carbocycles. The Labute approximate surface area is 112 Å². The van der Waals surface area contributed by atoms with Crippen LogP contribution < -0.4 is 5.32 Å². The van der Waals surface area contributed by atoms with E-state index in [-0.39, 0.29) is 0 Å². The Balaban J connectivity index is 1.82. The quantitative estimate of drug-likeness (QED) is 0.753. The molecule has 0 atom stereocenters. The summed E-state index contributed by atoms with van der Waals surface area (Å²) in [6.45, 7) is 3.03. The van der Waals surface area contributed by atoms with Gasteiger partial charge in [-0.05, 0) is 45.1 Å². The first kappa shape index (κ1) is 13.3. The molecule has 0 saturated carbocycles. The van der Waals surface area contributed by atoms with Gasteiger partial charge in [-0.25, -0.2) is 0 Å². The van der Waals surface area contributed by atoms with E-state index in [0.29, 0.717) is 0 Å². The number of nitrogens with zero attached hydrogens (tertiary/aromatic N) is 2. The van der Waals surface area contributed by atoms with E-state index in [4.69, 9.17) is 0 Å². The summed E-state index contributed by atoms with van der Waals surface area (Å²) < 4.78 is 0. The van der Waals surface area contributed by atoms with Crippen LogP contribution in [0.25, 0.3) is 10.6 Å². The van der Waals surface area contributed by atoms with Crippen molar-refractivity contribution in [1.82, 2.24) is 20.4 Å². The summed E-state index contributed by atoms with van der Waals surface area (Å²) in [5.41, 5.74) is 2.38. The molecule has 0 fully saturated rings. The second kappa shape index (κ2) is 6.68. The van der Waals surface area contributed by atoms with Crippen LogP contribution in [0.15, 0.2) is 23.7 Å². The van der Waals surface area contributed by atoms with Crippen LogP contribution in [0.3, 0.4) is 0 Å². The molecule has 2 aromatic heterocycles. The average molecular weight is 264 g/mol. The van der Waals surface area contributed by atoms with Crippen LogP contribution in [0.2, 0.25) is 0 Å². The molecule has 4 nitrogen and oxygen atoms in total. The summed E-state index contributed by atoms with van der Waals surface area (Å²) in [6.07, 6.45) is 3.08. The molecule has 0 aromatic carbocycles. The number of aromatic amines is 1. The molecule has 2 aromatic rings. The van der Waals surface area contributed by atoms with Gasteiger partial charge in [0.2, 0.25) is 0 Å². The first-order valence-electron chi connectivity index (χ1n) is 6.19. The Bertz CT molecular complexity index is 447. The molecule has 2 N–H and O–H groups in total. The van der Waals surface area contributed by atoms with E-state index in [1.54, 1.807) is 11.3 Å². The van der Waals surface area contributed by atoms with Gasteiger partial charge in [0.05, 0.1) is 16.8 Å². The van der Waals surface area contributed by atoms with Gasteiger partial charge in [0.25, 0.3) is 0 Å². The fourth-order valence-corrected chi connectivity index (χ4v) is 2.58. The molecule has 0 aliphatic heterocycles. The van der Waals surface area contributed by atoms with E-state index in [9.17, 15) is 0 Å². The van der Waals surface area contributed by atoms with Gasteiger partial charge in [-0.2, -0.15) is 5.10 Å². The first-order valence-corrected chi connectivity index (χ1v) is 7.07. The minimum Gasteiger partial charge on any atom is -0.312 e. The normalized spacial score (nSPS) is 11.3. The monoisotopic (exact) mass is 264 g/mol. The average Bonchev–Trinajstić information content (AvgIpc) is 2.97. The first-order chi connectivity index (χ1) is 8.77. The molecule has 0 bridgehead atoms. The summed E-state index contributed by atoms with van der Waals surface area (Å²) in [7, 11) is 4.20. The molecule has 5 heteroatoms. The molecule has 2 heterocycles. The Kier molecular flexibility index (Phi) is 4.92. The van der Waals surface area contributed by atoms with E-state index >= 15 is 0 Å². The minimum atomic E-state index is 0.872. The van der Waals surface area contributed by atoms with Crippen molar-refractivity contribution in [3.8, 4) is 10.6 Å². The molecule has 0 unspecified atom stereocenters. The highest BCUT2D eigenvalue weighted by atomic mass is 32.1. The number of rotatable bonds is 7. The minimum absolute atomic E-state index is 0.872. The second-order valence-corrected chi connectivity index (χ2v) is 5.53. The van der Waals surface area contributed by atoms with Crippen LogP contribution in [0, 0.1) is 0 Å². The summed E-state index contributed by atoms with van der Waals surface area (Å²) in [5, 5.41) is 12.8. The number of nitrogens with one attached hydrogen (secondary N) is 2. The van der Waals surface area contributed by atoms with Crippen molar-refractivity contribution in [3.63, 3.8) is 0 Å². The third kappa shape index (κ3) is 3.66. The van der Waals surface area contributed by atoms with Crippen LogP contribution in [0.1, 0.15) is 12.0 Å². The van der Waals surface area contributed by atoms with Crippen LogP contribution in [0.5, 0.6) is 0 Å². The highest BCUT2D eigenvalue weighted by Crippen LogP contribution is 2.25. The Hall–Kier alpha value is -1.17. The van der Waals surface area contributed by atoms with E-state index in [1.807, 2.05) is 6.20 Å². The molecule has 18 heavy (non-hydrogen) atoms. The van der Waals surface area contributed by atoms with Gasteiger partial charge in [0, 0.05) is 12.1 Å². The number of H-pyrrole nitrogens is 1. The third-order valence-corrected chi connectivity index (χ3v) is 3.65. The standard InChI is InChI=1S/C13H20N4S/c1-17(2)7-4-6-14-9-11-10-15-16-13(11)12-5-3-8-18-12/h3,5,8,10,14H,4,6-7,9H2,1-2H3,(H,15,16). The molecule has 2 rings (SSSR count). The smallest absolute Gasteiger partial charge is 0.0794 e. The van der Waals surface area contributed by atoms with Crippen LogP contribution in [-0.2, 0) is 6.54 Å². The molecular formula is C13H20N4S. The predicted molar refractivity (Wildman–Crippen MR) is 76.8 cm³/mol. The van der Waals surface area contributed by atoms with E-state index in [0.717, 1.165) is 25.3 Å². The zero-order chi connectivity index (χ0) is 12.8. The number of thiophene rings is 1. The maximum absolute atomic E-state index is 4.14. The van der Waals surface area contributed by atoms with Crippen molar-refractivity contribution in [1.29, 1.82) is 0 Å². The lowest BCUT2D eigenvalue weighted by Crippen LogP contribution is -2.21. The number of hydrogen-bond acceptors (Lipinski definition) is 4. The fourth-order valence-electron chi connectivity index (χ4n) is 1.82. The van der Waals surface area contributed by atoms with Gasteiger partial charge in [-0.1, -0.05) is 6.07 Å². The molecule has 0 radical (unpaired) electrons. The molecular weight excluding hydrogens is 244 g/mol. The number of aromatic nitrogens is 2. The topological polar surface area (TPSA) is 44.0 Å². The van der Waals surface area contributed by atoms with Crippen LogP contribution in [0.4, 0.5) is 0 Å². The Morgan fingerprint density at radius 2 is 2.33 bits per heavy atom. The predicted octanol–water partition coefficient (Wildman–Crippen LogP) is 2.18. The molecule has 0 aliphatic rings. The molecule has 0 saturated heterocycles. The summed E-state index contributed by atoms with van der Waals surface area (Å²) >= 11 is 1.74. The van der Waals surface area contributed by atoms with Crippen molar-refractivity contribution in [2.45, 2.75) is 13.0 Å². The fraction of sp³-hybridized carbons (Fsp3) is 0.462. The molecule has 0 spiro atoms. The zero-order valence-corrected chi connectivity index (χ0v) is 11.8. The van der Waals surface area contributed by atoms with Gasteiger partial charge in [0.15, 0.2) is 0 Å². The van der Waals surface area contributed by atoms with Crippen LogP contribution >= 0.6 is 11.3 Å². The Morgan fingerprint density at radius 1 is 1.44 bits per heavy atom. The largest absolute Gasteiger partial charge is 0.312 e. The lowest BCUT2D eigenvalue weighted by molar-refractivity contribution is 0.394. The summed E-state index contributed by atoms with van der Waals surface area (Å²) in [5.74, 6) is 0. The van der Waals surface area contributed by atoms with Crippen LogP contribution in [-0.4, -0.2) is 42.3 Å². The lowest BCUT2D eigenvalue weighted by atomic mass is 10.2. The van der Waals surface area contributed by atoms with Crippen molar-refractivity contribution >= 4 is 11.3 Å².